The highest BCUT2D eigenvalue weighted by molar-refractivity contribution is 5.53. The minimum atomic E-state index is 0.328. The van der Waals surface area contributed by atoms with Crippen LogP contribution >= 0.6 is 0 Å². The molecule has 0 radical (unpaired) electrons. The summed E-state index contributed by atoms with van der Waals surface area (Å²) in [6, 6.07) is 6.49. The second kappa shape index (κ2) is 8.30. The molecule has 2 aliphatic heterocycles. The van der Waals surface area contributed by atoms with Gasteiger partial charge in [0.25, 0.3) is 0 Å². The number of anilines is 3. The van der Waals surface area contributed by atoms with Crippen LogP contribution in [0, 0.1) is 13.8 Å². The number of aromatic nitrogens is 5. The lowest BCUT2D eigenvalue weighted by molar-refractivity contribution is 0.122. The SMILES string of the molecule is Cc1cc(N2CCCC(N(C)c3nccc(N4CCOCC4)n3)C2)n2nc(C)cc2n1. The van der Waals surface area contributed by atoms with E-state index in [0.717, 1.165) is 86.9 Å². The predicted molar refractivity (Wildman–Crippen MR) is 121 cm³/mol. The molecule has 2 saturated heterocycles. The van der Waals surface area contributed by atoms with Crippen LogP contribution in [0.25, 0.3) is 5.65 Å². The third-order valence-electron chi connectivity index (χ3n) is 6.21. The van der Waals surface area contributed by atoms with Crippen molar-refractivity contribution in [3.8, 4) is 0 Å². The molecule has 1 unspecified atom stereocenters. The standard InChI is InChI=1S/C22H30N8O/c1-16-14-21(30-20(24-16)13-17(2)26-30)29-8-4-5-18(15-29)27(3)22-23-7-6-19(25-22)28-9-11-31-12-10-28/h6-7,13-14,18H,4-5,8-12,15H2,1-3H3. The minimum Gasteiger partial charge on any atom is -0.378 e. The minimum absolute atomic E-state index is 0.328. The number of aryl methyl sites for hydroxylation is 2. The Labute approximate surface area is 182 Å². The Kier molecular flexibility index (Phi) is 5.35. The number of nitrogens with zero attached hydrogens (tertiary/aromatic N) is 8. The van der Waals surface area contributed by atoms with E-state index in [1.54, 1.807) is 0 Å². The number of ether oxygens (including phenoxy) is 1. The molecule has 9 nitrogen and oxygen atoms in total. The second-order valence-corrected chi connectivity index (χ2v) is 8.48. The smallest absolute Gasteiger partial charge is 0.227 e. The Morgan fingerprint density at radius 2 is 1.87 bits per heavy atom. The molecular formula is C22H30N8O. The topological polar surface area (TPSA) is 74.9 Å². The summed E-state index contributed by atoms with van der Waals surface area (Å²) in [5.41, 5.74) is 2.90. The van der Waals surface area contributed by atoms with Gasteiger partial charge >= 0.3 is 0 Å². The molecule has 0 spiro atoms. The Hall–Kier alpha value is -2.94. The Morgan fingerprint density at radius 3 is 2.71 bits per heavy atom. The van der Waals surface area contributed by atoms with Gasteiger partial charge in [0.15, 0.2) is 5.65 Å². The van der Waals surface area contributed by atoms with Gasteiger partial charge in [-0.1, -0.05) is 0 Å². The second-order valence-electron chi connectivity index (χ2n) is 8.48. The zero-order chi connectivity index (χ0) is 21.4. The summed E-state index contributed by atoms with van der Waals surface area (Å²) in [6.45, 7) is 9.22. The van der Waals surface area contributed by atoms with Gasteiger partial charge in [0.05, 0.1) is 18.9 Å². The number of fused-ring (bicyclic) bond motifs is 1. The Balaban J connectivity index is 1.37. The lowest BCUT2D eigenvalue weighted by Crippen LogP contribution is -2.48. The lowest BCUT2D eigenvalue weighted by atomic mass is 10.0. The van der Waals surface area contributed by atoms with Gasteiger partial charge in [-0.3, -0.25) is 0 Å². The van der Waals surface area contributed by atoms with Crippen LogP contribution in [0.4, 0.5) is 17.6 Å². The normalized spacial score (nSPS) is 19.8. The maximum Gasteiger partial charge on any atom is 0.227 e. The van der Waals surface area contributed by atoms with Crippen molar-refractivity contribution in [2.75, 3.05) is 61.1 Å². The highest BCUT2D eigenvalue weighted by Gasteiger charge is 2.27. The average molecular weight is 423 g/mol. The third kappa shape index (κ3) is 4.01. The molecule has 0 aromatic carbocycles. The van der Waals surface area contributed by atoms with E-state index in [2.05, 4.69) is 42.9 Å². The van der Waals surface area contributed by atoms with Crippen LogP contribution in [-0.4, -0.2) is 77.0 Å². The summed E-state index contributed by atoms with van der Waals surface area (Å²) >= 11 is 0. The maximum atomic E-state index is 5.48. The molecule has 0 aliphatic carbocycles. The fourth-order valence-corrected chi connectivity index (χ4v) is 4.54. The maximum absolute atomic E-state index is 5.48. The summed E-state index contributed by atoms with van der Waals surface area (Å²) in [6.07, 6.45) is 4.09. The summed E-state index contributed by atoms with van der Waals surface area (Å²) in [5, 5.41) is 4.68. The van der Waals surface area contributed by atoms with Crippen LogP contribution < -0.4 is 14.7 Å². The van der Waals surface area contributed by atoms with Crippen molar-refractivity contribution in [1.82, 2.24) is 24.6 Å². The van der Waals surface area contributed by atoms with Crippen molar-refractivity contribution in [3.63, 3.8) is 0 Å². The zero-order valence-electron chi connectivity index (χ0n) is 18.5. The summed E-state index contributed by atoms with van der Waals surface area (Å²) in [5.74, 6) is 2.87. The molecule has 0 saturated carbocycles. The van der Waals surface area contributed by atoms with Crippen LogP contribution in [0.5, 0.6) is 0 Å². The molecule has 9 heteroatoms. The number of rotatable bonds is 4. The molecule has 2 fully saturated rings. The molecule has 0 amide bonds. The van der Waals surface area contributed by atoms with E-state index >= 15 is 0 Å². The van der Waals surface area contributed by atoms with Crippen LogP contribution in [0.1, 0.15) is 24.2 Å². The van der Waals surface area contributed by atoms with E-state index in [1.165, 1.54) is 0 Å². The van der Waals surface area contributed by atoms with Crippen molar-refractivity contribution in [3.05, 3.63) is 35.8 Å². The van der Waals surface area contributed by atoms with Gasteiger partial charge in [0.2, 0.25) is 5.95 Å². The van der Waals surface area contributed by atoms with Crippen molar-refractivity contribution < 1.29 is 4.74 Å². The average Bonchev–Trinajstić information content (AvgIpc) is 3.18. The summed E-state index contributed by atoms with van der Waals surface area (Å²) in [4.78, 5) is 21.0. The largest absolute Gasteiger partial charge is 0.378 e. The highest BCUT2D eigenvalue weighted by atomic mass is 16.5. The van der Waals surface area contributed by atoms with Crippen molar-refractivity contribution in [2.45, 2.75) is 32.7 Å². The fraction of sp³-hybridized carbons (Fsp3) is 0.545. The van der Waals surface area contributed by atoms with Gasteiger partial charge in [0.1, 0.15) is 11.6 Å². The quantitative estimate of drug-likeness (QED) is 0.633. The van der Waals surface area contributed by atoms with Gasteiger partial charge in [-0.05, 0) is 32.8 Å². The highest BCUT2D eigenvalue weighted by Crippen LogP contribution is 2.26. The Bertz CT molecular complexity index is 1060. The summed E-state index contributed by atoms with van der Waals surface area (Å²) in [7, 11) is 2.11. The molecule has 164 valence electrons. The molecule has 0 N–H and O–H groups in total. The predicted octanol–water partition coefficient (Wildman–Crippen LogP) is 2.08. The molecule has 3 aromatic heterocycles. The molecule has 0 bridgehead atoms. The van der Waals surface area contributed by atoms with E-state index < -0.39 is 0 Å². The first-order valence-corrected chi connectivity index (χ1v) is 11.1. The number of morpholine rings is 1. The van der Waals surface area contributed by atoms with Crippen LogP contribution in [-0.2, 0) is 4.74 Å². The monoisotopic (exact) mass is 422 g/mol. The molecule has 3 aromatic rings. The van der Waals surface area contributed by atoms with Crippen LogP contribution in [0.3, 0.4) is 0 Å². The molecular weight excluding hydrogens is 392 g/mol. The van der Waals surface area contributed by atoms with E-state index in [9.17, 15) is 0 Å². The van der Waals surface area contributed by atoms with Gasteiger partial charge < -0.3 is 19.4 Å². The molecule has 5 rings (SSSR count). The first-order chi connectivity index (χ1) is 15.1. The van der Waals surface area contributed by atoms with Crippen molar-refractivity contribution >= 4 is 23.2 Å². The number of hydrogen-bond donors (Lipinski definition) is 0. The number of hydrogen-bond acceptors (Lipinski definition) is 8. The van der Waals surface area contributed by atoms with Crippen LogP contribution in [0.15, 0.2) is 24.4 Å². The van der Waals surface area contributed by atoms with Gasteiger partial charge in [0, 0.05) is 63.3 Å². The van der Waals surface area contributed by atoms with E-state index in [0.29, 0.717) is 6.04 Å². The Morgan fingerprint density at radius 1 is 1.03 bits per heavy atom. The summed E-state index contributed by atoms with van der Waals surface area (Å²) < 4.78 is 7.45. The van der Waals surface area contributed by atoms with Crippen LogP contribution in [0.2, 0.25) is 0 Å². The number of piperidine rings is 1. The first kappa shape index (κ1) is 20.0. The zero-order valence-corrected chi connectivity index (χ0v) is 18.5. The van der Waals surface area contributed by atoms with Gasteiger partial charge in [-0.25, -0.2) is 9.97 Å². The van der Waals surface area contributed by atoms with Gasteiger partial charge in [-0.2, -0.15) is 14.6 Å². The van der Waals surface area contributed by atoms with Gasteiger partial charge in [-0.15, -0.1) is 0 Å². The van der Waals surface area contributed by atoms with Crippen molar-refractivity contribution in [1.29, 1.82) is 0 Å². The van der Waals surface area contributed by atoms with Crippen molar-refractivity contribution in [2.24, 2.45) is 0 Å². The van der Waals surface area contributed by atoms with E-state index in [-0.39, 0.29) is 0 Å². The molecule has 2 aliphatic rings. The van der Waals surface area contributed by atoms with E-state index in [1.807, 2.05) is 36.7 Å². The molecule has 5 heterocycles. The lowest BCUT2D eigenvalue weighted by Gasteiger charge is -2.39. The number of likely N-dealkylation sites (N-methyl/N-ethyl adjacent to an activating group) is 1. The first-order valence-electron chi connectivity index (χ1n) is 11.1. The molecule has 31 heavy (non-hydrogen) atoms. The third-order valence-corrected chi connectivity index (χ3v) is 6.21. The fourth-order valence-electron chi connectivity index (χ4n) is 4.54. The molecule has 1 atom stereocenters. The van der Waals surface area contributed by atoms with E-state index in [4.69, 9.17) is 9.72 Å².